The van der Waals surface area contributed by atoms with Crippen LogP contribution in [0.3, 0.4) is 0 Å². The quantitative estimate of drug-likeness (QED) is 0.400. The zero-order valence-corrected chi connectivity index (χ0v) is 19.5. The van der Waals surface area contributed by atoms with Crippen molar-refractivity contribution >= 4 is 39.4 Å². The zero-order valence-electron chi connectivity index (χ0n) is 18.0. The lowest BCUT2D eigenvalue weighted by Crippen LogP contribution is -2.54. The average molecular weight is 511 g/mol. The number of rotatable bonds is 8. The van der Waals surface area contributed by atoms with Crippen molar-refractivity contribution in [1.29, 1.82) is 0 Å². The number of carbonyl (C=O) groups excluding carboxylic acids is 3. The lowest BCUT2D eigenvalue weighted by atomic mass is 9.70. The van der Waals surface area contributed by atoms with Crippen LogP contribution in [0.1, 0.15) is 19.8 Å². The monoisotopic (exact) mass is 510 g/mol. The van der Waals surface area contributed by atoms with E-state index >= 15 is 0 Å². The average Bonchev–Trinajstić information content (AvgIpc) is 3.36. The molecular formula is C22H27BrN2O7. The Balaban J connectivity index is 1.68. The highest BCUT2D eigenvalue weighted by Crippen LogP contribution is 2.60. The number of nitrogens with zero attached hydrogens (tertiary/aromatic N) is 1. The summed E-state index contributed by atoms with van der Waals surface area (Å²) in [6.45, 7) is 1.96. The second-order valence-corrected chi connectivity index (χ2v) is 9.42. The molecule has 0 aromatic heterocycles. The van der Waals surface area contributed by atoms with Gasteiger partial charge < -0.3 is 29.5 Å². The van der Waals surface area contributed by atoms with Crippen LogP contribution in [0, 0.1) is 11.8 Å². The first-order valence-electron chi connectivity index (χ1n) is 10.7. The highest BCUT2D eigenvalue weighted by atomic mass is 79.9. The van der Waals surface area contributed by atoms with Crippen LogP contribution in [0.5, 0.6) is 5.75 Å². The topological polar surface area (TPSA) is 114 Å². The van der Waals surface area contributed by atoms with Gasteiger partial charge >= 0.3 is 5.97 Å². The molecule has 2 N–H and O–H groups in total. The summed E-state index contributed by atoms with van der Waals surface area (Å²) in [4.78, 5) is 41.0. The van der Waals surface area contributed by atoms with Gasteiger partial charge in [0, 0.05) is 23.7 Å². The number of benzene rings is 1. The van der Waals surface area contributed by atoms with Gasteiger partial charge in [0.1, 0.15) is 17.4 Å². The number of aliphatic hydroxyl groups excluding tert-OH is 1. The first-order valence-corrected chi connectivity index (χ1v) is 11.6. The standard InChI is InChI=1S/C22H27BrN2O7/c1-3-31-21(29)15-16-20(28)25(9-4-10-26)18(22(16)11-14(23)17(15)32-22)19(27)24-12-5-7-13(30-2)8-6-12/h5-8,14-18,26H,3-4,9-11H2,1-2H3,(H,24,27)/t14?,15-,16+,17-,18-,22+/m0/s1. The number of fused-ring (bicyclic) bond motifs is 1. The molecule has 6 atom stereocenters. The maximum atomic E-state index is 13.5. The van der Waals surface area contributed by atoms with Gasteiger partial charge in [0.25, 0.3) is 0 Å². The number of likely N-dealkylation sites (tertiary alicyclic amines) is 1. The van der Waals surface area contributed by atoms with E-state index in [4.69, 9.17) is 14.2 Å². The molecule has 3 saturated heterocycles. The summed E-state index contributed by atoms with van der Waals surface area (Å²) in [6, 6.07) is 5.94. The molecule has 0 radical (unpaired) electrons. The molecule has 174 valence electrons. The predicted molar refractivity (Wildman–Crippen MR) is 117 cm³/mol. The second-order valence-electron chi connectivity index (χ2n) is 8.24. The molecule has 10 heteroatoms. The third kappa shape index (κ3) is 3.58. The van der Waals surface area contributed by atoms with Crippen molar-refractivity contribution in [3.8, 4) is 5.75 Å². The highest BCUT2D eigenvalue weighted by Gasteiger charge is 2.76. The van der Waals surface area contributed by atoms with E-state index < -0.39 is 41.5 Å². The normalized spacial score (nSPS) is 32.7. The number of hydrogen-bond donors (Lipinski definition) is 2. The van der Waals surface area contributed by atoms with E-state index in [9.17, 15) is 19.5 Å². The number of halogens is 1. The van der Waals surface area contributed by atoms with Gasteiger partial charge in [0.2, 0.25) is 11.8 Å². The molecular weight excluding hydrogens is 484 g/mol. The molecule has 0 saturated carbocycles. The largest absolute Gasteiger partial charge is 0.497 e. The summed E-state index contributed by atoms with van der Waals surface area (Å²) in [5, 5.41) is 12.2. The van der Waals surface area contributed by atoms with Crippen LogP contribution in [0.4, 0.5) is 5.69 Å². The Morgan fingerprint density at radius 3 is 2.69 bits per heavy atom. The fraction of sp³-hybridized carbons (Fsp3) is 0.591. The lowest BCUT2D eigenvalue weighted by Gasteiger charge is -2.34. The van der Waals surface area contributed by atoms with Crippen LogP contribution >= 0.6 is 15.9 Å². The first-order chi connectivity index (χ1) is 15.4. The number of anilines is 1. The molecule has 3 fully saturated rings. The molecule has 2 amide bonds. The Morgan fingerprint density at radius 2 is 2.06 bits per heavy atom. The van der Waals surface area contributed by atoms with Crippen LogP contribution in [0.2, 0.25) is 0 Å². The van der Waals surface area contributed by atoms with Gasteiger partial charge in [-0.05, 0) is 44.0 Å². The van der Waals surface area contributed by atoms with Crippen molar-refractivity contribution in [2.24, 2.45) is 11.8 Å². The molecule has 9 nitrogen and oxygen atoms in total. The summed E-state index contributed by atoms with van der Waals surface area (Å²) in [5.74, 6) is -2.12. The molecule has 1 unspecified atom stereocenters. The molecule has 3 aliphatic rings. The molecule has 32 heavy (non-hydrogen) atoms. The maximum absolute atomic E-state index is 13.5. The number of amides is 2. The molecule has 3 aliphatic heterocycles. The SMILES string of the molecule is CCOC(=O)[C@@H]1[C@H]2O[C@@]3(CC2Br)[C@H](C(=O)Nc2ccc(OC)cc2)N(CCCO)C(=O)[C@@H]13. The van der Waals surface area contributed by atoms with Crippen molar-refractivity contribution in [3.05, 3.63) is 24.3 Å². The van der Waals surface area contributed by atoms with Crippen LogP contribution in [0.15, 0.2) is 24.3 Å². The van der Waals surface area contributed by atoms with Crippen LogP contribution in [-0.2, 0) is 23.9 Å². The van der Waals surface area contributed by atoms with Gasteiger partial charge in [-0.2, -0.15) is 0 Å². The van der Waals surface area contributed by atoms with Gasteiger partial charge in [-0.15, -0.1) is 0 Å². The smallest absolute Gasteiger partial charge is 0.312 e. The van der Waals surface area contributed by atoms with Gasteiger partial charge in [-0.25, -0.2) is 0 Å². The van der Waals surface area contributed by atoms with E-state index in [2.05, 4.69) is 21.2 Å². The Labute approximate surface area is 194 Å². The summed E-state index contributed by atoms with van der Waals surface area (Å²) < 4.78 is 16.7. The van der Waals surface area contributed by atoms with Crippen LogP contribution in [0.25, 0.3) is 0 Å². The Kier molecular flexibility index (Phi) is 6.46. The van der Waals surface area contributed by atoms with Crippen molar-refractivity contribution < 1.29 is 33.7 Å². The Bertz CT molecular complexity index is 895. The number of hydrogen-bond acceptors (Lipinski definition) is 7. The second kappa shape index (κ2) is 8.99. The Morgan fingerprint density at radius 1 is 1.34 bits per heavy atom. The van der Waals surface area contributed by atoms with Crippen LogP contribution in [-0.4, -0.2) is 77.2 Å². The summed E-state index contributed by atoms with van der Waals surface area (Å²) >= 11 is 3.59. The first kappa shape index (κ1) is 23.0. The summed E-state index contributed by atoms with van der Waals surface area (Å²) in [5.41, 5.74) is -0.589. The minimum Gasteiger partial charge on any atom is -0.497 e. The number of aliphatic hydroxyl groups is 1. The van der Waals surface area contributed by atoms with Crippen molar-refractivity contribution in [2.45, 2.75) is 42.3 Å². The molecule has 2 bridgehead atoms. The highest BCUT2D eigenvalue weighted by molar-refractivity contribution is 9.09. The number of ether oxygens (including phenoxy) is 3. The van der Waals surface area contributed by atoms with Crippen molar-refractivity contribution in [3.63, 3.8) is 0 Å². The van der Waals surface area contributed by atoms with Crippen molar-refractivity contribution in [1.82, 2.24) is 4.90 Å². The third-order valence-electron chi connectivity index (χ3n) is 6.51. The molecule has 1 spiro atoms. The van der Waals surface area contributed by atoms with E-state index in [0.29, 0.717) is 24.3 Å². The maximum Gasteiger partial charge on any atom is 0.312 e. The molecule has 0 aliphatic carbocycles. The third-order valence-corrected chi connectivity index (χ3v) is 7.36. The van der Waals surface area contributed by atoms with E-state index in [-0.39, 0.29) is 30.5 Å². The number of alkyl halides is 1. The minimum absolute atomic E-state index is 0.125. The molecule has 1 aromatic carbocycles. The number of methoxy groups -OCH3 is 1. The van der Waals surface area contributed by atoms with Gasteiger partial charge in [-0.1, -0.05) is 15.9 Å². The summed E-state index contributed by atoms with van der Waals surface area (Å²) in [7, 11) is 1.56. The molecule has 3 heterocycles. The molecule has 4 rings (SSSR count). The van der Waals surface area contributed by atoms with E-state index in [1.54, 1.807) is 38.3 Å². The van der Waals surface area contributed by atoms with E-state index in [1.165, 1.54) is 4.90 Å². The van der Waals surface area contributed by atoms with Gasteiger partial charge in [0.05, 0.1) is 31.7 Å². The zero-order chi connectivity index (χ0) is 23.0. The van der Waals surface area contributed by atoms with Gasteiger partial charge in [-0.3, -0.25) is 14.4 Å². The molecule has 1 aromatic rings. The van der Waals surface area contributed by atoms with Crippen molar-refractivity contribution in [2.75, 3.05) is 32.2 Å². The fourth-order valence-electron chi connectivity index (χ4n) is 5.30. The van der Waals surface area contributed by atoms with E-state index in [1.807, 2.05) is 0 Å². The fourth-order valence-corrected chi connectivity index (χ4v) is 6.25. The Hall–Kier alpha value is -2.17. The van der Waals surface area contributed by atoms with Gasteiger partial charge in [0.15, 0.2) is 0 Å². The predicted octanol–water partition coefficient (Wildman–Crippen LogP) is 1.33. The number of esters is 1. The number of nitrogens with one attached hydrogen (secondary N) is 1. The van der Waals surface area contributed by atoms with Crippen LogP contribution < -0.4 is 10.1 Å². The minimum atomic E-state index is -1.14. The number of carbonyl (C=O) groups is 3. The van der Waals surface area contributed by atoms with E-state index in [0.717, 1.165) is 0 Å². The lowest BCUT2D eigenvalue weighted by molar-refractivity contribution is -0.154. The summed E-state index contributed by atoms with van der Waals surface area (Å²) in [6.07, 6.45) is 0.186.